The van der Waals surface area contributed by atoms with Gasteiger partial charge in [0, 0.05) is 23.8 Å². The molecule has 12 heteroatoms. The van der Waals surface area contributed by atoms with Crippen molar-refractivity contribution in [1.29, 1.82) is 0 Å². The van der Waals surface area contributed by atoms with E-state index in [4.69, 9.17) is 14.0 Å². The van der Waals surface area contributed by atoms with Crippen molar-refractivity contribution in [2.75, 3.05) is 14.2 Å². The van der Waals surface area contributed by atoms with Gasteiger partial charge in [-0.1, -0.05) is 29.1 Å². The maximum atomic E-state index is 10.9. The van der Waals surface area contributed by atoms with Crippen LogP contribution >= 0.6 is 11.8 Å². The van der Waals surface area contributed by atoms with Gasteiger partial charge in [-0.05, 0) is 12.1 Å². The number of rotatable bonds is 8. The van der Waals surface area contributed by atoms with Gasteiger partial charge in [0.15, 0.2) is 5.82 Å². The number of ether oxygens (including phenoxy) is 2. The third kappa shape index (κ3) is 4.48. The molecule has 0 saturated heterocycles. The van der Waals surface area contributed by atoms with Crippen LogP contribution < -0.4 is 9.47 Å². The molecule has 0 spiro atoms. The minimum atomic E-state index is -0.473. The Balaban J connectivity index is 1.45. The molecule has 2 aromatic heterocycles. The number of nitrogens with one attached hydrogen (secondary N) is 1. The quantitative estimate of drug-likeness (QED) is 0.244. The molecule has 0 radical (unpaired) electrons. The van der Waals surface area contributed by atoms with Gasteiger partial charge in [0.2, 0.25) is 16.9 Å². The van der Waals surface area contributed by atoms with Gasteiger partial charge in [-0.3, -0.25) is 15.2 Å². The average Bonchev–Trinajstić information content (AvgIpc) is 3.47. The molecule has 0 aliphatic heterocycles. The Hall–Kier alpha value is -3.93. The second kappa shape index (κ2) is 8.83. The third-order valence-corrected chi connectivity index (χ3v) is 5.07. The number of thioether (sulfide) groups is 1. The van der Waals surface area contributed by atoms with E-state index in [0.29, 0.717) is 39.7 Å². The largest absolute Gasteiger partial charge is 0.497 e. The summed E-state index contributed by atoms with van der Waals surface area (Å²) in [6.07, 6.45) is 0. The molecule has 2 aromatic carbocycles. The number of hydrogen-bond acceptors (Lipinski definition) is 10. The molecule has 0 unspecified atom stereocenters. The van der Waals surface area contributed by atoms with Crippen LogP contribution in [0.15, 0.2) is 52.1 Å². The maximum absolute atomic E-state index is 10.9. The Morgan fingerprint density at radius 3 is 2.81 bits per heavy atom. The van der Waals surface area contributed by atoms with Crippen LogP contribution in [0.5, 0.6) is 11.5 Å². The fraction of sp³-hybridized carbons (Fsp3) is 0.158. The molecule has 0 saturated carbocycles. The van der Waals surface area contributed by atoms with Gasteiger partial charge in [-0.25, -0.2) is 4.98 Å². The molecule has 1 N–H and O–H groups in total. The number of methoxy groups -OCH3 is 2. The summed E-state index contributed by atoms with van der Waals surface area (Å²) in [6, 6.07) is 11.4. The van der Waals surface area contributed by atoms with E-state index in [1.54, 1.807) is 38.5 Å². The SMILES string of the molecule is COc1ccc(-c2nc(SCc3nc(-c4cccc([N+](=O)[O-])c4)no3)n[nH]2)c(OC)c1. The van der Waals surface area contributed by atoms with Crippen LogP contribution in [0, 0.1) is 10.1 Å². The second-order valence-corrected chi connectivity index (χ2v) is 7.08. The predicted octanol–water partition coefficient (Wildman–Crippen LogP) is 3.74. The number of nitro groups is 1. The van der Waals surface area contributed by atoms with Crippen LogP contribution in [0.3, 0.4) is 0 Å². The van der Waals surface area contributed by atoms with E-state index < -0.39 is 4.92 Å². The highest BCUT2D eigenvalue weighted by Gasteiger charge is 2.15. The molecule has 158 valence electrons. The maximum Gasteiger partial charge on any atom is 0.270 e. The van der Waals surface area contributed by atoms with Gasteiger partial charge in [-0.2, -0.15) is 4.98 Å². The first-order valence-electron chi connectivity index (χ1n) is 8.92. The molecule has 0 bridgehead atoms. The van der Waals surface area contributed by atoms with E-state index >= 15 is 0 Å². The van der Waals surface area contributed by atoms with E-state index in [-0.39, 0.29) is 11.5 Å². The van der Waals surface area contributed by atoms with Gasteiger partial charge < -0.3 is 14.0 Å². The van der Waals surface area contributed by atoms with Crippen molar-refractivity contribution in [3.8, 4) is 34.3 Å². The molecule has 4 aromatic rings. The molecular weight excluding hydrogens is 424 g/mol. The molecule has 0 aliphatic carbocycles. The Morgan fingerprint density at radius 1 is 1.16 bits per heavy atom. The molecular formula is C19H16N6O5S. The molecule has 31 heavy (non-hydrogen) atoms. The van der Waals surface area contributed by atoms with E-state index in [0.717, 1.165) is 5.56 Å². The predicted molar refractivity (Wildman–Crippen MR) is 111 cm³/mol. The number of H-pyrrole nitrogens is 1. The number of nitro benzene ring substituents is 1. The molecule has 0 fully saturated rings. The molecule has 0 aliphatic rings. The number of aromatic nitrogens is 5. The summed E-state index contributed by atoms with van der Waals surface area (Å²) in [7, 11) is 3.15. The summed E-state index contributed by atoms with van der Waals surface area (Å²) in [6.45, 7) is 0. The normalized spacial score (nSPS) is 10.8. The molecule has 2 heterocycles. The highest BCUT2D eigenvalue weighted by atomic mass is 32.2. The summed E-state index contributed by atoms with van der Waals surface area (Å²) in [5.41, 5.74) is 1.20. The zero-order valence-electron chi connectivity index (χ0n) is 16.4. The smallest absolute Gasteiger partial charge is 0.270 e. The Morgan fingerprint density at radius 2 is 2.03 bits per heavy atom. The van der Waals surface area contributed by atoms with Crippen molar-refractivity contribution in [3.63, 3.8) is 0 Å². The summed E-state index contributed by atoms with van der Waals surface area (Å²) in [4.78, 5) is 19.2. The van der Waals surface area contributed by atoms with Crippen LogP contribution in [0.2, 0.25) is 0 Å². The summed E-state index contributed by atoms with van der Waals surface area (Å²) in [5.74, 6) is 2.78. The van der Waals surface area contributed by atoms with E-state index in [2.05, 4.69) is 25.3 Å². The van der Waals surface area contributed by atoms with Gasteiger partial charge in [-0.15, -0.1) is 5.10 Å². The van der Waals surface area contributed by atoms with Crippen LogP contribution in [-0.4, -0.2) is 44.5 Å². The van der Waals surface area contributed by atoms with Crippen molar-refractivity contribution in [2.45, 2.75) is 10.9 Å². The molecule has 11 nitrogen and oxygen atoms in total. The lowest BCUT2D eigenvalue weighted by molar-refractivity contribution is -0.384. The minimum Gasteiger partial charge on any atom is -0.497 e. The van der Waals surface area contributed by atoms with E-state index in [9.17, 15) is 10.1 Å². The van der Waals surface area contributed by atoms with Gasteiger partial charge in [0.1, 0.15) is 11.5 Å². The first-order chi connectivity index (χ1) is 15.1. The van der Waals surface area contributed by atoms with Crippen molar-refractivity contribution in [3.05, 3.63) is 58.5 Å². The molecule has 0 amide bonds. The number of nitrogens with zero attached hydrogens (tertiary/aromatic N) is 5. The number of aromatic amines is 1. The minimum absolute atomic E-state index is 0.0413. The Labute approximate surface area is 180 Å². The lowest BCUT2D eigenvalue weighted by atomic mass is 10.2. The lowest BCUT2D eigenvalue weighted by Crippen LogP contribution is -1.91. The fourth-order valence-electron chi connectivity index (χ4n) is 2.74. The van der Waals surface area contributed by atoms with Crippen molar-refractivity contribution in [1.82, 2.24) is 25.3 Å². The van der Waals surface area contributed by atoms with Gasteiger partial charge in [0.25, 0.3) is 5.69 Å². The first kappa shape index (κ1) is 20.3. The number of benzene rings is 2. The second-order valence-electron chi connectivity index (χ2n) is 6.14. The fourth-order valence-corrected chi connectivity index (χ4v) is 3.38. The Kier molecular flexibility index (Phi) is 5.80. The number of non-ortho nitro benzene ring substituents is 1. The van der Waals surface area contributed by atoms with Gasteiger partial charge >= 0.3 is 0 Å². The van der Waals surface area contributed by atoms with Crippen LogP contribution in [0.25, 0.3) is 22.8 Å². The van der Waals surface area contributed by atoms with E-state index in [1.807, 2.05) is 6.07 Å². The van der Waals surface area contributed by atoms with Crippen LogP contribution in [0.4, 0.5) is 5.69 Å². The monoisotopic (exact) mass is 440 g/mol. The van der Waals surface area contributed by atoms with Gasteiger partial charge in [0.05, 0.1) is 30.5 Å². The first-order valence-corrected chi connectivity index (χ1v) is 9.91. The number of hydrogen-bond donors (Lipinski definition) is 1. The average molecular weight is 440 g/mol. The Bertz CT molecular complexity index is 1220. The lowest BCUT2D eigenvalue weighted by Gasteiger charge is -2.07. The van der Waals surface area contributed by atoms with Crippen LogP contribution in [-0.2, 0) is 5.75 Å². The van der Waals surface area contributed by atoms with Crippen molar-refractivity contribution in [2.24, 2.45) is 0 Å². The topological polar surface area (TPSA) is 142 Å². The standard InChI is InChI=1S/C19H16N6O5S/c1-28-13-6-7-14(15(9-13)29-2)18-21-19(23-22-18)31-10-16-20-17(24-30-16)11-4-3-5-12(8-11)25(26)27/h3-9H,10H2,1-2H3,(H,21,22,23). The zero-order chi connectivity index (χ0) is 21.8. The van der Waals surface area contributed by atoms with E-state index in [1.165, 1.54) is 23.9 Å². The summed E-state index contributed by atoms with van der Waals surface area (Å²) in [5, 5.41) is 22.4. The van der Waals surface area contributed by atoms with Crippen molar-refractivity contribution >= 4 is 17.4 Å². The van der Waals surface area contributed by atoms with Crippen LogP contribution in [0.1, 0.15) is 5.89 Å². The summed E-state index contributed by atoms with van der Waals surface area (Å²) >= 11 is 1.30. The third-order valence-electron chi connectivity index (χ3n) is 4.24. The molecule has 4 rings (SSSR count). The molecule has 0 atom stereocenters. The van der Waals surface area contributed by atoms with Crippen molar-refractivity contribution < 1.29 is 18.9 Å². The highest BCUT2D eigenvalue weighted by Crippen LogP contribution is 2.32. The zero-order valence-corrected chi connectivity index (χ0v) is 17.3. The summed E-state index contributed by atoms with van der Waals surface area (Å²) < 4.78 is 15.8. The highest BCUT2D eigenvalue weighted by molar-refractivity contribution is 7.98.